The van der Waals surface area contributed by atoms with Gasteiger partial charge in [0.1, 0.15) is 11.6 Å². The number of hydrogen-bond donors (Lipinski definition) is 1. The number of likely N-dealkylation sites (tertiary alicyclic amines) is 1. The van der Waals surface area contributed by atoms with E-state index in [1.54, 1.807) is 16.0 Å². The van der Waals surface area contributed by atoms with Crippen LogP contribution >= 0.6 is 11.3 Å². The van der Waals surface area contributed by atoms with Crippen molar-refractivity contribution in [1.29, 1.82) is 0 Å². The number of aromatic nitrogens is 5. The standard InChI is InChI=1S/C20H25N7OS/c1-15-7-9-26(10-8-15)13-18-23-24-25-27(18)14-19(28)21-11-17-12-22-20(29-17)16-5-3-2-4-6-16/h2-6,12,15H,7-11,13-14H2,1H3,(H,21,28). The number of amides is 1. The summed E-state index contributed by atoms with van der Waals surface area (Å²) < 4.78 is 1.59. The Hall–Kier alpha value is -2.65. The topological polar surface area (TPSA) is 88.8 Å². The van der Waals surface area contributed by atoms with Gasteiger partial charge in [-0.2, -0.15) is 0 Å². The second-order valence-corrected chi connectivity index (χ2v) is 8.60. The number of carbonyl (C=O) groups is 1. The fourth-order valence-corrected chi connectivity index (χ4v) is 4.22. The van der Waals surface area contributed by atoms with Crippen molar-refractivity contribution in [2.24, 2.45) is 5.92 Å². The molecule has 0 unspecified atom stereocenters. The number of nitrogens with one attached hydrogen (secondary N) is 1. The highest BCUT2D eigenvalue weighted by atomic mass is 32.1. The first-order valence-corrected chi connectivity index (χ1v) is 10.7. The molecule has 1 saturated heterocycles. The Bertz CT molecular complexity index is 931. The lowest BCUT2D eigenvalue weighted by Crippen LogP contribution is -2.34. The van der Waals surface area contributed by atoms with E-state index < -0.39 is 0 Å². The van der Waals surface area contributed by atoms with Crippen molar-refractivity contribution in [2.75, 3.05) is 13.1 Å². The lowest BCUT2D eigenvalue weighted by molar-refractivity contribution is -0.122. The van der Waals surface area contributed by atoms with Crippen molar-refractivity contribution < 1.29 is 4.79 Å². The van der Waals surface area contributed by atoms with Crippen LogP contribution in [0.25, 0.3) is 10.6 Å². The van der Waals surface area contributed by atoms with Gasteiger partial charge in [-0.25, -0.2) is 9.67 Å². The number of thiazole rings is 1. The summed E-state index contributed by atoms with van der Waals surface area (Å²) in [6.45, 7) is 5.65. The summed E-state index contributed by atoms with van der Waals surface area (Å²) in [6, 6.07) is 10.0. The SMILES string of the molecule is CC1CCN(Cc2nnnn2CC(=O)NCc2cnc(-c3ccccc3)s2)CC1. The van der Waals surface area contributed by atoms with Crippen LogP contribution in [0.5, 0.6) is 0 Å². The highest BCUT2D eigenvalue weighted by Gasteiger charge is 2.19. The Morgan fingerprint density at radius 2 is 2.03 bits per heavy atom. The van der Waals surface area contributed by atoms with Crippen molar-refractivity contribution in [3.8, 4) is 10.6 Å². The fraction of sp³-hybridized carbons (Fsp3) is 0.450. The monoisotopic (exact) mass is 411 g/mol. The molecular weight excluding hydrogens is 386 g/mol. The van der Waals surface area contributed by atoms with Crippen LogP contribution in [0.1, 0.15) is 30.5 Å². The Kier molecular flexibility index (Phi) is 6.26. The second-order valence-electron chi connectivity index (χ2n) is 7.49. The van der Waals surface area contributed by atoms with Gasteiger partial charge in [-0.1, -0.05) is 37.3 Å². The van der Waals surface area contributed by atoms with Gasteiger partial charge in [0.25, 0.3) is 0 Å². The molecule has 0 saturated carbocycles. The average molecular weight is 412 g/mol. The molecule has 9 heteroatoms. The van der Waals surface area contributed by atoms with Crippen LogP contribution in [0.3, 0.4) is 0 Å². The van der Waals surface area contributed by atoms with E-state index in [0.29, 0.717) is 13.1 Å². The van der Waals surface area contributed by atoms with E-state index in [0.717, 1.165) is 40.3 Å². The zero-order chi connectivity index (χ0) is 20.1. The van der Waals surface area contributed by atoms with Crippen LogP contribution in [-0.2, 0) is 24.4 Å². The fourth-order valence-electron chi connectivity index (χ4n) is 3.36. The molecule has 0 atom stereocenters. The molecule has 4 rings (SSSR count). The van der Waals surface area contributed by atoms with E-state index >= 15 is 0 Å². The molecule has 29 heavy (non-hydrogen) atoms. The Morgan fingerprint density at radius 1 is 1.24 bits per heavy atom. The van der Waals surface area contributed by atoms with Crippen LogP contribution in [0.4, 0.5) is 0 Å². The molecule has 3 aromatic rings. The van der Waals surface area contributed by atoms with Crippen LogP contribution in [0.15, 0.2) is 36.5 Å². The summed E-state index contributed by atoms with van der Waals surface area (Å²) >= 11 is 1.58. The minimum atomic E-state index is -0.111. The number of carbonyl (C=O) groups excluding carboxylic acids is 1. The van der Waals surface area contributed by atoms with E-state index in [2.05, 4.69) is 37.6 Å². The molecule has 1 aliphatic heterocycles. The van der Waals surface area contributed by atoms with Crippen LogP contribution < -0.4 is 5.32 Å². The smallest absolute Gasteiger partial charge is 0.242 e. The van der Waals surface area contributed by atoms with Gasteiger partial charge in [-0.05, 0) is 42.3 Å². The molecule has 1 N–H and O–H groups in total. The third kappa shape index (κ3) is 5.24. The number of hydrogen-bond acceptors (Lipinski definition) is 7. The normalized spacial score (nSPS) is 15.5. The third-order valence-corrected chi connectivity index (χ3v) is 6.22. The summed E-state index contributed by atoms with van der Waals surface area (Å²) in [5.41, 5.74) is 1.08. The molecule has 8 nitrogen and oxygen atoms in total. The number of piperidine rings is 1. The molecular formula is C20H25N7OS. The number of rotatable bonds is 7. The van der Waals surface area contributed by atoms with Crippen molar-refractivity contribution in [1.82, 2.24) is 35.4 Å². The molecule has 3 heterocycles. The zero-order valence-corrected chi connectivity index (χ0v) is 17.3. The molecule has 152 valence electrons. The number of benzene rings is 1. The van der Waals surface area contributed by atoms with Crippen LogP contribution in [0.2, 0.25) is 0 Å². The highest BCUT2D eigenvalue weighted by Crippen LogP contribution is 2.24. The molecule has 2 aromatic heterocycles. The first-order valence-electron chi connectivity index (χ1n) is 9.91. The van der Waals surface area contributed by atoms with E-state index in [-0.39, 0.29) is 12.5 Å². The van der Waals surface area contributed by atoms with Gasteiger partial charge < -0.3 is 5.32 Å². The van der Waals surface area contributed by atoms with Crippen molar-refractivity contribution >= 4 is 17.2 Å². The lowest BCUT2D eigenvalue weighted by Gasteiger charge is -2.29. The predicted molar refractivity (Wildman–Crippen MR) is 111 cm³/mol. The maximum Gasteiger partial charge on any atom is 0.242 e. The molecule has 0 bridgehead atoms. The molecule has 1 fully saturated rings. The summed E-state index contributed by atoms with van der Waals surface area (Å²) in [4.78, 5) is 20.2. The summed E-state index contributed by atoms with van der Waals surface area (Å²) in [6.07, 6.45) is 4.21. The van der Waals surface area contributed by atoms with Gasteiger partial charge in [-0.3, -0.25) is 9.69 Å². The average Bonchev–Trinajstić information content (AvgIpc) is 3.39. The van der Waals surface area contributed by atoms with Crippen molar-refractivity contribution in [3.63, 3.8) is 0 Å². The number of nitrogens with zero attached hydrogens (tertiary/aromatic N) is 6. The summed E-state index contributed by atoms with van der Waals surface area (Å²) in [5, 5.41) is 15.8. The van der Waals surface area contributed by atoms with Gasteiger partial charge in [0.2, 0.25) is 5.91 Å². The number of tetrazole rings is 1. The van der Waals surface area contributed by atoms with E-state index in [1.807, 2.05) is 36.5 Å². The van der Waals surface area contributed by atoms with Crippen LogP contribution in [0, 0.1) is 5.92 Å². The van der Waals surface area contributed by atoms with Gasteiger partial charge in [0, 0.05) is 16.6 Å². The van der Waals surface area contributed by atoms with Crippen molar-refractivity contribution in [2.45, 2.75) is 39.4 Å². The summed E-state index contributed by atoms with van der Waals surface area (Å²) in [5.74, 6) is 1.40. The first kappa shape index (κ1) is 19.7. The molecule has 0 spiro atoms. The van der Waals surface area contributed by atoms with E-state index in [1.165, 1.54) is 12.8 Å². The molecule has 0 radical (unpaired) electrons. The summed E-state index contributed by atoms with van der Waals surface area (Å²) in [7, 11) is 0. The highest BCUT2D eigenvalue weighted by molar-refractivity contribution is 7.15. The Morgan fingerprint density at radius 3 is 2.83 bits per heavy atom. The quantitative estimate of drug-likeness (QED) is 0.642. The first-order chi connectivity index (χ1) is 14.2. The second kappa shape index (κ2) is 9.23. The molecule has 1 amide bonds. The minimum Gasteiger partial charge on any atom is -0.350 e. The maximum absolute atomic E-state index is 12.4. The zero-order valence-electron chi connectivity index (χ0n) is 16.5. The Labute approximate surface area is 174 Å². The lowest BCUT2D eigenvalue weighted by atomic mass is 9.99. The van der Waals surface area contributed by atoms with Gasteiger partial charge in [-0.15, -0.1) is 16.4 Å². The van der Waals surface area contributed by atoms with Crippen molar-refractivity contribution in [3.05, 3.63) is 47.2 Å². The largest absolute Gasteiger partial charge is 0.350 e. The van der Waals surface area contributed by atoms with Gasteiger partial charge >= 0.3 is 0 Å². The Balaban J connectivity index is 1.28. The maximum atomic E-state index is 12.4. The van der Waals surface area contributed by atoms with E-state index in [9.17, 15) is 4.79 Å². The van der Waals surface area contributed by atoms with Gasteiger partial charge in [0.15, 0.2) is 5.82 Å². The predicted octanol–water partition coefficient (Wildman–Crippen LogP) is 2.34. The molecule has 1 aromatic carbocycles. The third-order valence-electron chi connectivity index (χ3n) is 5.17. The van der Waals surface area contributed by atoms with Crippen LogP contribution in [-0.4, -0.2) is 49.1 Å². The molecule has 0 aliphatic carbocycles. The van der Waals surface area contributed by atoms with Gasteiger partial charge in [0.05, 0.1) is 13.1 Å². The minimum absolute atomic E-state index is 0.111. The molecule has 1 aliphatic rings. The van der Waals surface area contributed by atoms with E-state index in [4.69, 9.17) is 0 Å².